The molecule has 0 unspecified atom stereocenters. The quantitative estimate of drug-likeness (QED) is 0.614. The Balaban J connectivity index is 1.66. The Kier molecular flexibility index (Phi) is 6.05. The monoisotopic (exact) mass is 463 g/mol. The fourth-order valence-electron chi connectivity index (χ4n) is 8.19. The molecule has 5 rings (SSSR count). The van der Waals surface area contributed by atoms with E-state index in [9.17, 15) is 15.0 Å². The van der Waals surface area contributed by atoms with Crippen LogP contribution in [-0.2, 0) is 4.79 Å². The summed E-state index contributed by atoms with van der Waals surface area (Å²) in [6.07, 6.45) is 8.55. The second-order valence-corrected chi connectivity index (χ2v) is 11.9. The molecule has 6 atom stereocenters. The van der Waals surface area contributed by atoms with E-state index in [1.807, 2.05) is 6.08 Å². The first-order valence-corrected chi connectivity index (χ1v) is 13.3. The van der Waals surface area contributed by atoms with Crippen LogP contribution in [0.2, 0.25) is 0 Å². The SMILES string of the molecule is C[C@H]1CC2=CC(=O)CCC2=C2[C@@H]1[C@@H]1CC[C@@](O)(CCCO)[C@@]1(C)C[C@@H]2c1ccc(N(C)C)cc1. The Hall–Kier alpha value is -1.91. The van der Waals surface area contributed by atoms with Crippen LogP contribution in [0, 0.1) is 23.2 Å². The summed E-state index contributed by atoms with van der Waals surface area (Å²) in [5, 5.41) is 21.6. The largest absolute Gasteiger partial charge is 0.396 e. The molecular formula is C30H41NO3. The number of carbonyl (C=O) groups excluding carboxylic acids is 1. The van der Waals surface area contributed by atoms with Crippen molar-refractivity contribution in [2.24, 2.45) is 23.2 Å². The van der Waals surface area contributed by atoms with Gasteiger partial charge in [0.25, 0.3) is 0 Å². The van der Waals surface area contributed by atoms with Crippen LogP contribution in [0.1, 0.15) is 76.7 Å². The number of rotatable bonds is 5. The second-order valence-electron chi connectivity index (χ2n) is 11.9. The fourth-order valence-corrected chi connectivity index (χ4v) is 8.19. The summed E-state index contributed by atoms with van der Waals surface area (Å²) in [6.45, 7) is 4.84. The molecule has 0 aliphatic heterocycles. The van der Waals surface area contributed by atoms with E-state index < -0.39 is 5.60 Å². The summed E-state index contributed by atoms with van der Waals surface area (Å²) in [5.74, 6) is 1.89. The fraction of sp³-hybridized carbons (Fsp3) is 0.633. The number of aliphatic hydroxyl groups excluding tert-OH is 1. The molecule has 0 radical (unpaired) electrons. The third kappa shape index (κ3) is 3.60. The Morgan fingerprint density at radius 3 is 2.56 bits per heavy atom. The van der Waals surface area contributed by atoms with Crippen LogP contribution >= 0.6 is 0 Å². The molecule has 0 spiro atoms. The second kappa shape index (κ2) is 8.64. The predicted molar refractivity (Wildman–Crippen MR) is 137 cm³/mol. The molecule has 0 heterocycles. The van der Waals surface area contributed by atoms with Crippen molar-refractivity contribution in [1.29, 1.82) is 0 Å². The first-order valence-electron chi connectivity index (χ1n) is 13.3. The lowest BCUT2D eigenvalue weighted by atomic mass is 9.49. The first kappa shape index (κ1) is 23.8. The maximum Gasteiger partial charge on any atom is 0.156 e. The molecule has 0 bridgehead atoms. The number of ketones is 1. The van der Waals surface area contributed by atoms with Gasteiger partial charge in [0.2, 0.25) is 0 Å². The van der Waals surface area contributed by atoms with Crippen molar-refractivity contribution in [2.45, 2.75) is 76.7 Å². The molecule has 4 heteroatoms. The highest BCUT2D eigenvalue weighted by atomic mass is 16.3. The van der Waals surface area contributed by atoms with Crippen LogP contribution < -0.4 is 4.90 Å². The van der Waals surface area contributed by atoms with Crippen LogP contribution in [0.4, 0.5) is 5.69 Å². The van der Waals surface area contributed by atoms with E-state index in [1.54, 1.807) is 5.57 Å². The van der Waals surface area contributed by atoms with Crippen molar-refractivity contribution in [3.63, 3.8) is 0 Å². The van der Waals surface area contributed by atoms with Gasteiger partial charge in [-0.05, 0) is 97.6 Å². The van der Waals surface area contributed by atoms with Crippen molar-refractivity contribution in [3.8, 4) is 0 Å². The van der Waals surface area contributed by atoms with Gasteiger partial charge in [-0.25, -0.2) is 0 Å². The molecule has 0 aromatic heterocycles. The lowest BCUT2D eigenvalue weighted by molar-refractivity contribution is -0.114. The van der Waals surface area contributed by atoms with Gasteiger partial charge in [0.05, 0.1) is 5.60 Å². The summed E-state index contributed by atoms with van der Waals surface area (Å²) >= 11 is 0. The van der Waals surface area contributed by atoms with Crippen molar-refractivity contribution in [2.75, 3.05) is 25.6 Å². The molecule has 1 aromatic carbocycles. The average molecular weight is 464 g/mol. The maximum atomic E-state index is 12.3. The summed E-state index contributed by atoms with van der Waals surface area (Å²) in [6, 6.07) is 8.99. The highest BCUT2D eigenvalue weighted by molar-refractivity contribution is 5.93. The summed E-state index contributed by atoms with van der Waals surface area (Å²) in [4.78, 5) is 14.4. The minimum absolute atomic E-state index is 0.135. The molecule has 1 aromatic rings. The molecule has 0 amide bonds. The van der Waals surface area contributed by atoms with Gasteiger partial charge in [-0.2, -0.15) is 0 Å². The molecule has 4 aliphatic rings. The van der Waals surface area contributed by atoms with E-state index >= 15 is 0 Å². The van der Waals surface area contributed by atoms with Gasteiger partial charge in [0.1, 0.15) is 0 Å². The highest BCUT2D eigenvalue weighted by Gasteiger charge is 2.63. The van der Waals surface area contributed by atoms with Crippen molar-refractivity contribution < 1.29 is 15.0 Å². The molecule has 2 N–H and O–H groups in total. The topological polar surface area (TPSA) is 60.8 Å². The number of hydrogen-bond donors (Lipinski definition) is 2. The minimum atomic E-state index is -0.725. The molecule has 2 fully saturated rings. The molecule has 2 saturated carbocycles. The third-order valence-electron chi connectivity index (χ3n) is 9.95. The number of anilines is 1. The average Bonchev–Trinajstić information content (AvgIpc) is 3.07. The Morgan fingerprint density at radius 2 is 1.88 bits per heavy atom. The van der Waals surface area contributed by atoms with Crippen LogP contribution in [0.15, 0.2) is 47.1 Å². The van der Waals surface area contributed by atoms with Gasteiger partial charge in [0, 0.05) is 44.1 Å². The van der Waals surface area contributed by atoms with E-state index in [2.05, 4.69) is 57.1 Å². The highest BCUT2D eigenvalue weighted by Crippen LogP contribution is 2.68. The number of hydrogen-bond acceptors (Lipinski definition) is 4. The van der Waals surface area contributed by atoms with Crippen LogP contribution in [-0.4, -0.2) is 42.3 Å². The van der Waals surface area contributed by atoms with Gasteiger partial charge in [-0.15, -0.1) is 0 Å². The lowest BCUT2D eigenvalue weighted by Crippen LogP contribution is -2.52. The number of aliphatic hydroxyl groups is 2. The lowest BCUT2D eigenvalue weighted by Gasteiger charge is -2.56. The molecular weight excluding hydrogens is 422 g/mol. The summed E-state index contributed by atoms with van der Waals surface area (Å²) in [5.41, 5.74) is 5.93. The zero-order valence-electron chi connectivity index (χ0n) is 21.3. The molecule has 34 heavy (non-hydrogen) atoms. The normalized spacial score (nSPS) is 37.1. The third-order valence-corrected chi connectivity index (χ3v) is 9.95. The van der Waals surface area contributed by atoms with Gasteiger partial charge in [-0.3, -0.25) is 4.79 Å². The van der Waals surface area contributed by atoms with E-state index in [-0.39, 0.29) is 23.7 Å². The van der Waals surface area contributed by atoms with Crippen LogP contribution in [0.3, 0.4) is 0 Å². The minimum Gasteiger partial charge on any atom is -0.396 e. The molecule has 4 aliphatic carbocycles. The van der Waals surface area contributed by atoms with Crippen molar-refractivity contribution in [1.82, 2.24) is 0 Å². The zero-order valence-corrected chi connectivity index (χ0v) is 21.3. The smallest absolute Gasteiger partial charge is 0.156 e. The predicted octanol–water partition coefficient (Wildman–Crippen LogP) is 5.40. The van der Waals surface area contributed by atoms with Crippen LogP contribution in [0.25, 0.3) is 0 Å². The first-order chi connectivity index (χ1) is 16.2. The molecule has 0 saturated heterocycles. The van der Waals surface area contributed by atoms with E-state index in [0.29, 0.717) is 37.0 Å². The van der Waals surface area contributed by atoms with Crippen molar-refractivity contribution in [3.05, 3.63) is 52.6 Å². The van der Waals surface area contributed by atoms with E-state index in [4.69, 9.17) is 0 Å². The Bertz CT molecular complexity index is 1020. The molecule has 184 valence electrons. The molecule has 4 nitrogen and oxygen atoms in total. The van der Waals surface area contributed by atoms with Crippen LogP contribution in [0.5, 0.6) is 0 Å². The summed E-state index contributed by atoms with van der Waals surface area (Å²) < 4.78 is 0. The maximum absolute atomic E-state index is 12.3. The number of allylic oxidation sites excluding steroid dienone is 4. The van der Waals surface area contributed by atoms with Gasteiger partial charge >= 0.3 is 0 Å². The van der Waals surface area contributed by atoms with E-state index in [0.717, 1.165) is 32.1 Å². The van der Waals surface area contributed by atoms with E-state index in [1.165, 1.54) is 22.4 Å². The van der Waals surface area contributed by atoms with Gasteiger partial charge in [-0.1, -0.05) is 31.6 Å². The number of fused-ring (bicyclic) bond motifs is 4. The standard InChI is InChI=1S/C30H41NO3/c1-19-16-21-17-23(33)10-11-24(21)28-25(20-6-8-22(9-7-20)31(3)4)18-29(2)26(27(19)28)12-14-30(29,34)13-5-15-32/h6-9,17,19,25-27,32,34H,5,10-16,18H2,1-4H3/t19-,25+,26-,27-,29-,30-/m0/s1. The number of benzene rings is 1. The zero-order chi connectivity index (χ0) is 24.3. The summed E-state index contributed by atoms with van der Waals surface area (Å²) in [7, 11) is 4.14. The number of nitrogens with zero attached hydrogens (tertiary/aromatic N) is 1. The van der Waals surface area contributed by atoms with Gasteiger partial charge < -0.3 is 15.1 Å². The number of carbonyl (C=O) groups is 1. The van der Waals surface area contributed by atoms with Crippen molar-refractivity contribution >= 4 is 11.5 Å². The van der Waals surface area contributed by atoms with Gasteiger partial charge in [0.15, 0.2) is 5.78 Å². The Labute approximate surface area is 204 Å². The Morgan fingerprint density at radius 1 is 1.15 bits per heavy atom.